The maximum absolute atomic E-state index is 10.1. The fourth-order valence-corrected chi connectivity index (χ4v) is 0.808. The summed E-state index contributed by atoms with van der Waals surface area (Å²) in [6, 6.07) is 0. The molecule has 7 heteroatoms. The van der Waals surface area contributed by atoms with Crippen LogP contribution in [0, 0.1) is 0 Å². The largest absolute Gasteiger partial charge is 0.481 e. The van der Waals surface area contributed by atoms with E-state index in [4.69, 9.17) is 25.2 Å². The highest BCUT2D eigenvalue weighted by molar-refractivity contribution is 5.66. The van der Waals surface area contributed by atoms with Crippen molar-refractivity contribution in [1.29, 1.82) is 0 Å². The minimum atomic E-state index is -0.864. The molecule has 7 nitrogen and oxygen atoms in total. The Labute approximate surface area is 94.4 Å². The van der Waals surface area contributed by atoms with Gasteiger partial charge < -0.3 is 24.2 Å². The summed E-state index contributed by atoms with van der Waals surface area (Å²) in [4.78, 5) is 14.4. The van der Waals surface area contributed by atoms with Gasteiger partial charge in [0.15, 0.2) is 0 Å². The first-order valence-corrected chi connectivity index (χ1v) is 5.04. The van der Waals surface area contributed by atoms with Crippen molar-refractivity contribution in [3.05, 3.63) is 0 Å². The van der Waals surface area contributed by atoms with E-state index in [9.17, 15) is 4.79 Å². The minimum Gasteiger partial charge on any atom is -0.481 e. The van der Waals surface area contributed by atoms with Crippen molar-refractivity contribution in [2.75, 3.05) is 46.2 Å². The molecule has 0 rings (SSSR count). The first-order valence-electron chi connectivity index (χ1n) is 5.04. The summed E-state index contributed by atoms with van der Waals surface area (Å²) in [5, 5.41) is 8.31. The predicted octanol–water partition coefficient (Wildman–Crippen LogP) is -0.599. The molecule has 0 aliphatic carbocycles. The third-order valence-corrected chi connectivity index (χ3v) is 1.55. The predicted molar refractivity (Wildman–Crippen MR) is 54.8 cm³/mol. The second-order valence-corrected chi connectivity index (χ2v) is 2.85. The van der Waals surface area contributed by atoms with Gasteiger partial charge in [0.05, 0.1) is 52.7 Å². The van der Waals surface area contributed by atoms with Crippen molar-refractivity contribution in [1.82, 2.24) is 0 Å². The highest BCUT2D eigenvalue weighted by Crippen LogP contribution is 1.84. The number of ether oxygens (including phenoxy) is 3. The molecule has 3 N–H and O–H groups in total. The zero-order chi connectivity index (χ0) is 12.1. The van der Waals surface area contributed by atoms with Gasteiger partial charge in [0.25, 0.3) is 0 Å². The summed E-state index contributed by atoms with van der Waals surface area (Å²) in [6.07, 6.45) is 0.0161. The van der Waals surface area contributed by atoms with E-state index in [-0.39, 0.29) is 13.0 Å². The molecule has 0 spiro atoms. The smallest absolute Gasteiger partial charge is 0.305 e. The second kappa shape index (κ2) is 12.3. The molecule has 0 atom stereocenters. The van der Waals surface area contributed by atoms with Gasteiger partial charge in [-0.2, -0.15) is 0 Å². The molecule has 0 aromatic rings. The molecule has 0 aliphatic rings. The third-order valence-electron chi connectivity index (χ3n) is 1.55. The topological polar surface area (TPSA) is 100 Å². The Morgan fingerprint density at radius 2 is 1.31 bits per heavy atom. The molecule has 0 aliphatic heterocycles. The van der Waals surface area contributed by atoms with Crippen molar-refractivity contribution in [2.45, 2.75) is 6.42 Å². The molecule has 0 bridgehead atoms. The van der Waals surface area contributed by atoms with Crippen molar-refractivity contribution < 1.29 is 28.9 Å². The Bertz CT molecular complexity index is 166. The van der Waals surface area contributed by atoms with E-state index in [1.165, 1.54) is 0 Å². The first kappa shape index (κ1) is 15.3. The van der Waals surface area contributed by atoms with Gasteiger partial charge in [-0.3, -0.25) is 4.79 Å². The van der Waals surface area contributed by atoms with Crippen molar-refractivity contribution in [3.8, 4) is 0 Å². The normalized spacial score (nSPS) is 10.6. The number of hydrogen-bond donors (Lipinski definition) is 2. The third kappa shape index (κ3) is 13.3. The number of hydrogen-bond acceptors (Lipinski definition) is 6. The monoisotopic (exact) mass is 237 g/mol. The van der Waals surface area contributed by atoms with E-state index in [0.717, 1.165) is 0 Å². The highest BCUT2D eigenvalue weighted by Gasteiger charge is 1.96. The van der Waals surface area contributed by atoms with Crippen LogP contribution in [0.2, 0.25) is 0 Å². The molecular weight excluding hydrogens is 218 g/mol. The molecule has 0 unspecified atom stereocenters. The Balaban J connectivity index is 2.90. The van der Waals surface area contributed by atoms with Crippen LogP contribution >= 0.6 is 0 Å². The van der Waals surface area contributed by atoms with Gasteiger partial charge in [0.1, 0.15) is 0 Å². The summed E-state index contributed by atoms with van der Waals surface area (Å²) in [7, 11) is 0. The van der Waals surface area contributed by atoms with E-state index in [1.54, 1.807) is 0 Å². The van der Waals surface area contributed by atoms with E-state index in [1.807, 2.05) is 0 Å². The van der Waals surface area contributed by atoms with Gasteiger partial charge in [-0.15, -0.1) is 0 Å². The van der Waals surface area contributed by atoms with Gasteiger partial charge >= 0.3 is 5.97 Å². The number of aliphatic carboxylic acids is 1. The van der Waals surface area contributed by atoms with Gasteiger partial charge in [0, 0.05) is 0 Å². The van der Waals surface area contributed by atoms with Crippen LogP contribution in [0.3, 0.4) is 0 Å². The highest BCUT2D eigenvalue weighted by atomic mass is 16.6. The number of rotatable bonds is 12. The van der Waals surface area contributed by atoms with Crippen LogP contribution in [0.4, 0.5) is 0 Å². The first-order chi connectivity index (χ1) is 7.77. The maximum atomic E-state index is 10.1. The zero-order valence-electron chi connectivity index (χ0n) is 9.22. The fourth-order valence-electron chi connectivity index (χ4n) is 0.808. The Morgan fingerprint density at radius 3 is 1.75 bits per heavy atom. The second-order valence-electron chi connectivity index (χ2n) is 2.85. The SMILES string of the molecule is NOCCOCCOCCOCCC(=O)O. The van der Waals surface area contributed by atoms with Crippen LogP contribution in [0.15, 0.2) is 0 Å². The van der Waals surface area contributed by atoms with Crippen LogP contribution in [0.5, 0.6) is 0 Å². The lowest BCUT2D eigenvalue weighted by Gasteiger charge is -2.05. The lowest BCUT2D eigenvalue weighted by Crippen LogP contribution is -2.13. The lowest BCUT2D eigenvalue weighted by molar-refractivity contribution is -0.138. The number of carboxylic acids is 1. The minimum absolute atomic E-state index is 0.0161. The summed E-state index contributed by atoms with van der Waals surface area (Å²) >= 11 is 0. The van der Waals surface area contributed by atoms with Crippen LogP contribution in [0.25, 0.3) is 0 Å². The van der Waals surface area contributed by atoms with Crippen LogP contribution in [-0.4, -0.2) is 57.3 Å². The Morgan fingerprint density at radius 1 is 0.875 bits per heavy atom. The molecule has 0 amide bonds. The maximum Gasteiger partial charge on any atom is 0.305 e. The van der Waals surface area contributed by atoms with Crippen LogP contribution in [-0.2, 0) is 23.8 Å². The molecule has 16 heavy (non-hydrogen) atoms. The van der Waals surface area contributed by atoms with Gasteiger partial charge in [-0.1, -0.05) is 0 Å². The molecule has 0 fully saturated rings. The Kier molecular flexibility index (Phi) is 11.8. The number of carboxylic acid groups (broad SMARTS) is 1. The van der Waals surface area contributed by atoms with Gasteiger partial charge in [-0.05, 0) is 0 Å². The van der Waals surface area contributed by atoms with E-state index < -0.39 is 5.97 Å². The average Bonchev–Trinajstić information content (AvgIpc) is 2.25. The molecule has 0 aromatic heterocycles. The van der Waals surface area contributed by atoms with Gasteiger partial charge in [0.2, 0.25) is 0 Å². The van der Waals surface area contributed by atoms with Crippen LogP contribution < -0.4 is 5.90 Å². The van der Waals surface area contributed by atoms with E-state index in [2.05, 4.69) is 4.84 Å². The van der Waals surface area contributed by atoms with Crippen molar-refractivity contribution in [2.24, 2.45) is 5.90 Å². The van der Waals surface area contributed by atoms with Crippen molar-refractivity contribution >= 4 is 5.97 Å². The summed E-state index contributed by atoms with van der Waals surface area (Å²) in [5.74, 6) is 3.92. The Hall–Kier alpha value is -0.730. The molecule has 96 valence electrons. The van der Waals surface area contributed by atoms with E-state index in [0.29, 0.717) is 39.6 Å². The van der Waals surface area contributed by atoms with Crippen molar-refractivity contribution in [3.63, 3.8) is 0 Å². The summed E-state index contributed by atoms with van der Waals surface area (Å²) in [5.41, 5.74) is 0. The summed E-state index contributed by atoms with van der Waals surface area (Å²) in [6.45, 7) is 2.76. The fraction of sp³-hybridized carbons (Fsp3) is 0.889. The van der Waals surface area contributed by atoms with Gasteiger partial charge in [-0.25, -0.2) is 5.90 Å². The number of nitrogens with two attached hydrogens (primary N) is 1. The molecule has 0 saturated heterocycles. The quantitative estimate of drug-likeness (QED) is 0.345. The molecule has 0 radical (unpaired) electrons. The zero-order valence-corrected chi connectivity index (χ0v) is 9.22. The average molecular weight is 237 g/mol. The lowest BCUT2D eigenvalue weighted by atomic mass is 10.5. The molecule has 0 heterocycles. The molecule has 0 saturated carbocycles. The van der Waals surface area contributed by atoms with Crippen LogP contribution in [0.1, 0.15) is 6.42 Å². The molecule has 0 aromatic carbocycles. The standard InChI is InChI=1S/C9H19NO6/c10-16-8-7-15-6-5-14-4-3-13-2-1-9(11)12/h1-8,10H2,(H,11,12). The molecular formula is C9H19NO6. The van der Waals surface area contributed by atoms with E-state index >= 15 is 0 Å². The summed E-state index contributed by atoms with van der Waals surface area (Å²) < 4.78 is 15.2. The number of carbonyl (C=O) groups is 1.